The summed E-state index contributed by atoms with van der Waals surface area (Å²) in [6, 6.07) is 25.1. The summed E-state index contributed by atoms with van der Waals surface area (Å²) < 4.78 is 4.67. The van der Waals surface area contributed by atoms with Gasteiger partial charge in [0.05, 0.1) is 7.11 Å². The van der Waals surface area contributed by atoms with Crippen LogP contribution in [0.15, 0.2) is 84.9 Å². The lowest BCUT2D eigenvalue weighted by Crippen LogP contribution is -2.23. The standard InChI is InChI=1S/C23H24O4.C22H23NO3/c1-23(2,13-7-6-10-20(24)27-3)15-11-12-18-19(14-15)22(26)17-9-5-4-8-16(17)21(18)25;1-22(2,12-6-5-9-19(23)24)14-10-11-17-18(13-14)21(26)16-8-4-3-7-15(16)20(17)25/h4-5,8-9,11-12,14H,6-7,10,13H2,1-3H3;3-4,7-8,10-11,13H,5-6,9,12H2,1-2H3,(H2,23,24). The van der Waals surface area contributed by atoms with Crippen LogP contribution in [0.2, 0.25) is 0 Å². The van der Waals surface area contributed by atoms with Crippen LogP contribution < -0.4 is 5.73 Å². The molecule has 6 rings (SSSR count). The first-order valence-electron chi connectivity index (χ1n) is 18.2. The van der Waals surface area contributed by atoms with Crippen molar-refractivity contribution in [2.75, 3.05) is 7.11 Å². The van der Waals surface area contributed by atoms with Crippen molar-refractivity contribution in [1.82, 2.24) is 0 Å². The summed E-state index contributed by atoms with van der Waals surface area (Å²) >= 11 is 0. The number of hydrogen-bond donors (Lipinski definition) is 1. The van der Waals surface area contributed by atoms with Gasteiger partial charge in [0.15, 0.2) is 23.1 Å². The molecule has 2 aliphatic rings. The zero-order valence-electron chi connectivity index (χ0n) is 31.2. The van der Waals surface area contributed by atoms with Gasteiger partial charge in [-0.2, -0.15) is 0 Å². The Kier molecular flexibility index (Phi) is 11.7. The van der Waals surface area contributed by atoms with E-state index in [2.05, 4.69) is 32.4 Å². The van der Waals surface area contributed by atoms with Crippen molar-refractivity contribution in [2.24, 2.45) is 5.73 Å². The zero-order chi connectivity index (χ0) is 38.5. The summed E-state index contributed by atoms with van der Waals surface area (Å²) in [5.74, 6) is -0.850. The number of benzene rings is 4. The first-order valence-corrected chi connectivity index (χ1v) is 18.2. The van der Waals surface area contributed by atoms with Crippen molar-refractivity contribution < 1.29 is 33.5 Å². The summed E-state index contributed by atoms with van der Waals surface area (Å²) in [4.78, 5) is 73.3. The van der Waals surface area contributed by atoms with Crippen LogP contribution in [-0.4, -0.2) is 42.1 Å². The Labute approximate surface area is 311 Å². The van der Waals surface area contributed by atoms with Crippen LogP contribution in [0.3, 0.4) is 0 Å². The SMILES string of the molecule is CC(C)(CCCCC(N)=O)c1ccc2c(c1)C(=O)c1ccccc1C2=O.COC(=O)CCCCC(C)(C)c1ccc2c(c1)C(=O)c1ccccc1C2=O. The zero-order valence-corrected chi connectivity index (χ0v) is 31.2. The van der Waals surface area contributed by atoms with Crippen molar-refractivity contribution >= 4 is 35.0 Å². The number of carbonyl (C=O) groups is 6. The van der Waals surface area contributed by atoms with Gasteiger partial charge in [0.1, 0.15) is 0 Å². The fraction of sp³-hybridized carbons (Fsp3) is 0.333. The number of amides is 1. The smallest absolute Gasteiger partial charge is 0.305 e. The van der Waals surface area contributed by atoms with E-state index in [9.17, 15) is 28.8 Å². The minimum Gasteiger partial charge on any atom is -0.469 e. The van der Waals surface area contributed by atoms with Crippen LogP contribution in [0.5, 0.6) is 0 Å². The van der Waals surface area contributed by atoms with Gasteiger partial charge in [-0.25, -0.2) is 0 Å². The molecule has 2 aliphatic carbocycles. The maximum absolute atomic E-state index is 12.9. The van der Waals surface area contributed by atoms with E-state index >= 15 is 0 Å². The van der Waals surface area contributed by atoms with E-state index in [4.69, 9.17) is 5.73 Å². The number of hydrogen-bond acceptors (Lipinski definition) is 7. The fourth-order valence-electron chi connectivity index (χ4n) is 7.13. The van der Waals surface area contributed by atoms with E-state index in [1.165, 1.54) is 7.11 Å². The van der Waals surface area contributed by atoms with Gasteiger partial charge < -0.3 is 10.5 Å². The number of ketones is 4. The summed E-state index contributed by atoms with van der Waals surface area (Å²) in [5.41, 5.74) is 10.7. The third kappa shape index (κ3) is 8.43. The summed E-state index contributed by atoms with van der Waals surface area (Å²) in [6.45, 7) is 8.47. The minimum absolute atomic E-state index is 0.0939. The van der Waals surface area contributed by atoms with E-state index in [1.54, 1.807) is 60.7 Å². The molecule has 8 heteroatoms. The molecule has 0 spiro atoms. The maximum atomic E-state index is 12.9. The molecule has 274 valence electrons. The lowest BCUT2D eigenvalue weighted by atomic mass is 9.76. The molecule has 4 aromatic rings. The van der Waals surface area contributed by atoms with E-state index in [1.807, 2.05) is 24.3 Å². The van der Waals surface area contributed by atoms with Crippen molar-refractivity contribution in [1.29, 1.82) is 0 Å². The molecular formula is C45H47NO7. The molecule has 0 heterocycles. The van der Waals surface area contributed by atoms with Gasteiger partial charge in [-0.3, -0.25) is 28.8 Å². The molecule has 0 aromatic heterocycles. The summed E-state index contributed by atoms with van der Waals surface area (Å²) in [7, 11) is 1.40. The number of fused-ring (bicyclic) bond motifs is 4. The van der Waals surface area contributed by atoms with Crippen molar-refractivity contribution in [3.8, 4) is 0 Å². The minimum atomic E-state index is -0.278. The van der Waals surface area contributed by atoms with Gasteiger partial charge in [0.25, 0.3) is 0 Å². The Morgan fingerprint density at radius 2 is 0.849 bits per heavy atom. The number of nitrogens with two attached hydrogens (primary N) is 1. The third-order valence-electron chi connectivity index (χ3n) is 10.5. The van der Waals surface area contributed by atoms with E-state index in [0.29, 0.717) is 57.3 Å². The Hall–Kier alpha value is -5.50. The predicted molar refractivity (Wildman–Crippen MR) is 204 cm³/mol. The van der Waals surface area contributed by atoms with E-state index in [-0.39, 0.29) is 45.8 Å². The van der Waals surface area contributed by atoms with E-state index in [0.717, 1.165) is 49.7 Å². The Morgan fingerprint density at radius 1 is 0.509 bits per heavy atom. The number of methoxy groups -OCH3 is 1. The second kappa shape index (κ2) is 16.0. The highest BCUT2D eigenvalue weighted by Crippen LogP contribution is 2.36. The summed E-state index contributed by atoms with van der Waals surface area (Å²) in [5, 5.41) is 0. The first-order chi connectivity index (χ1) is 25.2. The highest BCUT2D eigenvalue weighted by molar-refractivity contribution is 6.29. The van der Waals surface area contributed by atoms with Gasteiger partial charge in [-0.05, 0) is 71.9 Å². The van der Waals surface area contributed by atoms with Gasteiger partial charge in [0.2, 0.25) is 5.91 Å². The second-order valence-electron chi connectivity index (χ2n) is 15.2. The molecule has 0 unspecified atom stereocenters. The highest BCUT2D eigenvalue weighted by atomic mass is 16.5. The molecule has 0 aliphatic heterocycles. The average Bonchev–Trinajstić information content (AvgIpc) is 3.16. The Bertz CT molecular complexity index is 2110. The molecule has 0 bridgehead atoms. The second-order valence-corrected chi connectivity index (χ2v) is 15.2. The van der Waals surface area contributed by atoms with Crippen LogP contribution in [0, 0.1) is 0 Å². The molecule has 53 heavy (non-hydrogen) atoms. The van der Waals surface area contributed by atoms with Crippen LogP contribution >= 0.6 is 0 Å². The fourth-order valence-corrected chi connectivity index (χ4v) is 7.13. The number of rotatable bonds is 12. The quantitative estimate of drug-likeness (QED) is 0.0996. The Morgan fingerprint density at radius 3 is 1.21 bits per heavy atom. The number of unbranched alkanes of at least 4 members (excludes halogenated alkanes) is 2. The third-order valence-corrected chi connectivity index (χ3v) is 10.5. The average molecular weight is 714 g/mol. The lowest BCUT2D eigenvalue weighted by molar-refractivity contribution is -0.140. The van der Waals surface area contributed by atoms with Gasteiger partial charge in [-0.15, -0.1) is 0 Å². The van der Waals surface area contributed by atoms with Crippen LogP contribution in [-0.2, 0) is 25.2 Å². The molecule has 0 saturated carbocycles. The van der Waals surface area contributed by atoms with Crippen molar-refractivity contribution in [3.05, 3.63) is 141 Å². The molecule has 0 atom stereocenters. The number of ether oxygens (including phenoxy) is 1. The largest absolute Gasteiger partial charge is 0.469 e. The predicted octanol–water partition coefficient (Wildman–Crippen LogP) is 8.26. The van der Waals surface area contributed by atoms with Crippen molar-refractivity contribution in [2.45, 2.75) is 89.9 Å². The van der Waals surface area contributed by atoms with Crippen LogP contribution in [0.1, 0.15) is 154 Å². The number of esters is 1. The highest BCUT2D eigenvalue weighted by Gasteiger charge is 2.33. The monoisotopic (exact) mass is 713 g/mol. The normalized spacial score (nSPS) is 13.2. The van der Waals surface area contributed by atoms with Gasteiger partial charge in [-0.1, -0.05) is 101 Å². The maximum Gasteiger partial charge on any atom is 0.305 e. The van der Waals surface area contributed by atoms with Crippen LogP contribution in [0.25, 0.3) is 0 Å². The molecular weight excluding hydrogens is 666 g/mol. The van der Waals surface area contributed by atoms with Crippen LogP contribution in [0.4, 0.5) is 0 Å². The van der Waals surface area contributed by atoms with Gasteiger partial charge >= 0.3 is 5.97 Å². The topological polar surface area (TPSA) is 138 Å². The summed E-state index contributed by atoms with van der Waals surface area (Å²) in [6.07, 6.45) is 5.85. The molecule has 2 N–H and O–H groups in total. The van der Waals surface area contributed by atoms with E-state index < -0.39 is 0 Å². The lowest BCUT2D eigenvalue weighted by Gasteiger charge is -2.27. The molecule has 0 saturated heterocycles. The van der Waals surface area contributed by atoms with Gasteiger partial charge in [0, 0.05) is 57.3 Å². The Balaban J connectivity index is 0.000000204. The van der Waals surface area contributed by atoms with Crippen molar-refractivity contribution in [3.63, 3.8) is 0 Å². The molecule has 0 radical (unpaired) electrons. The molecule has 1 amide bonds. The molecule has 8 nitrogen and oxygen atoms in total. The first kappa shape index (κ1) is 38.7. The number of primary amides is 1. The molecule has 0 fully saturated rings. The number of carbonyl (C=O) groups excluding carboxylic acids is 6. The molecule has 4 aromatic carbocycles.